The molecule has 0 radical (unpaired) electrons. The second kappa shape index (κ2) is 8.44. The number of hydrogen-bond acceptors (Lipinski definition) is 8. The number of carbonyl (C=O) groups is 6. The summed E-state index contributed by atoms with van der Waals surface area (Å²) < 4.78 is 0. The van der Waals surface area contributed by atoms with Crippen molar-refractivity contribution in [2.75, 3.05) is 10.6 Å². The lowest BCUT2D eigenvalue weighted by atomic mass is 10.2. The van der Waals surface area contributed by atoms with Gasteiger partial charge in [-0.3, -0.25) is 39.4 Å². The Morgan fingerprint density at radius 3 is 1.50 bits per heavy atom. The second-order valence-corrected chi connectivity index (χ2v) is 8.17. The van der Waals surface area contributed by atoms with Crippen molar-refractivity contribution in [3.8, 4) is 0 Å². The number of benzene rings is 1. The van der Waals surface area contributed by atoms with Crippen molar-refractivity contribution in [2.45, 2.75) is 23.3 Å². The van der Waals surface area contributed by atoms with Gasteiger partial charge in [0.05, 0.1) is 11.4 Å². The zero-order valence-electron chi connectivity index (χ0n) is 14.1. The van der Waals surface area contributed by atoms with Crippen LogP contribution >= 0.6 is 23.5 Å². The van der Waals surface area contributed by atoms with Crippen LogP contribution in [-0.2, 0) is 19.2 Å². The molecule has 0 aromatic heterocycles. The number of carbonyl (C=O) groups excluding carboxylic acids is 6. The van der Waals surface area contributed by atoms with Gasteiger partial charge in [0.15, 0.2) is 0 Å². The summed E-state index contributed by atoms with van der Waals surface area (Å²) in [4.78, 5) is 69.8. The lowest BCUT2D eigenvalue weighted by Crippen LogP contribution is -2.28. The van der Waals surface area contributed by atoms with Crippen LogP contribution in [0.5, 0.6) is 0 Å². The molecule has 0 saturated carbocycles. The predicted octanol–water partition coefficient (Wildman–Crippen LogP) is 1.05. The summed E-state index contributed by atoms with van der Waals surface area (Å²) in [5, 5.41) is 6.79. The van der Waals surface area contributed by atoms with Gasteiger partial charge in [0, 0.05) is 12.8 Å². The van der Waals surface area contributed by atoms with Crippen LogP contribution in [0.15, 0.2) is 24.3 Å². The average Bonchev–Trinajstić information content (AvgIpc) is 3.09. The first-order valence-corrected chi connectivity index (χ1v) is 9.79. The van der Waals surface area contributed by atoms with E-state index in [1.54, 1.807) is 24.3 Å². The molecule has 0 bridgehead atoms. The molecule has 2 atom stereocenters. The smallest absolute Gasteiger partial charge is 0.286 e. The van der Waals surface area contributed by atoms with Crippen LogP contribution in [0.4, 0.5) is 21.0 Å². The summed E-state index contributed by atoms with van der Waals surface area (Å²) in [7, 11) is 0. The zero-order valence-corrected chi connectivity index (χ0v) is 15.8. The zero-order chi connectivity index (χ0) is 20.3. The van der Waals surface area contributed by atoms with Gasteiger partial charge in [-0.15, -0.1) is 0 Å². The third-order valence-electron chi connectivity index (χ3n) is 3.75. The Bertz CT molecular complexity index is 819. The van der Waals surface area contributed by atoms with Gasteiger partial charge in [0.25, 0.3) is 10.5 Å². The van der Waals surface area contributed by atoms with Gasteiger partial charge in [-0.1, -0.05) is 35.7 Å². The molecule has 3 rings (SSSR count). The van der Waals surface area contributed by atoms with E-state index in [-0.39, 0.29) is 12.8 Å². The van der Waals surface area contributed by atoms with Crippen molar-refractivity contribution in [1.29, 1.82) is 0 Å². The minimum absolute atomic E-state index is 0.203. The van der Waals surface area contributed by atoms with Gasteiger partial charge in [-0.25, -0.2) is 0 Å². The van der Waals surface area contributed by atoms with Crippen LogP contribution in [0.1, 0.15) is 12.8 Å². The molecule has 2 fully saturated rings. The van der Waals surface area contributed by atoms with E-state index in [1.165, 1.54) is 0 Å². The number of hydrogen-bond donors (Lipinski definition) is 4. The van der Waals surface area contributed by atoms with E-state index >= 15 is 0 Å². The number of amides is 6. The molecule has 0 unspecified atom stereocenters. The summed E-state index contributed by atoms with van der Waals surface area (Å²) in [5.74, 6) is -2.04. The van der Waals surface area contributed by atoms with Crippen molar-refractivity contribution >= 4 is 69.0 Å². The Morgan fingerprint density at radius 1 is 0.786 bits per heavy atom. The van der Waals surface area contributed by atoms with Gasteiger partial charge >= 0.3 is 0 Å². The summed E-state index contributed by atoms with van der Waals surface area (Å²) >= 11 is 1.50. The minimum atomic E-state index is -0.801. The van der Waals surface area contributed by atoms with E-state index in [0.29, 0.717) is 11.4 Å². The maximum atomic E-state index is 12.2. The maximum absolute atomic E-state index is 12.2. The Labute approximate surface area is 166 Å². The fourth-order valence-electron chi connectivity index (χ4n) is 2.50. The minimum Gasteiger partial charge on any atom is -0.324 e. The molecule has 2 heterocycles. The highest BCUT2D eigenvalue weighted by Gasteiger charge is 2.34. The van der Waals surface area contributed by atoms with E-state index in [9.17, 15) is 28.8 Å². The van der Waals surface area contributed by atoms with E-state index in [2.05, 4.69) is 21.3 Å². The topological polar surface area (TPSA) is 151 Å². The fourth-order valence-corrected chi connectivity index (χ4v) is 4.13. The standard InChI is InChI=1S/C16H14N4O6S2/c21-11(5-9-13(23)19-15(25)27-9)17-7-3-1-2-4-8(7)18-12(22)6-10-14(24)20-16(26)28-10/h1-4,9-10H,5-6H2,(H,17,21)(H,18,22)(H,19,23,25)(H,20,24,26)/t9-,10-/m1/s1. The van der Waals surface area contributed by atoms with Crippen molar-refractivity contribution in [3.63, 3.8) is 0 Å². The fraction of sp³-hybridized carbons (Fsp3) is 0.250. The van der Waals surface area contributed by atoms with Gasteiger partial charge in [0.1, 0.15) is 10.5 Å². The molecular weight excluding hydrogens is 408 g/mol. The molecule has 2 aliphatic heterocycles. The first-order chi connectivity index (χ1) is 13.3. The molecule has 0 spiro atoms. The highest BCUT2D eigenvalue weighted by Crippen LogP contribution is 2.26. The third kappa shape index (κ3) is 4.89. The Morgan fingerprint density at radius 2 is 1.18 bits per heavy atom. The third-order valence-corrected chi connectivity index (χ3v) is 5.71. The average molecular weight is 422 g/mol. The molecular formula is C16H14N4O6S2. The Balaban J connectivity index is 1.59. The van der Waals surface area contributed by atoms with E-state index in [0.717, 1.165) is 23.5 Å². The van der Waals surface area contributed by atoms with Gasteiger partial charge in [-0.2, -0.15) is 0 Å². The number of rotatable bonds is 6. The monoisotopic (exact) mass is 422 g/mol. The summed E-state index contributed by atoms with van der Waals surface area (Å²) in [6, 6.07) is 6.40. The summed E-state index contributed by atoms with van der Waals surface area (Å²) in [5.41, 5.74) is 0.602. The molecule has 2 aliphatic rings. The molecule has 12 heteroatoms. The van der Waals surface area contributed by atoms with Crippen molar-refractivity contribution < 1.29 is 28.8 Å². The molecule has 4 N–H and O–H groups in total. The molecule has 2 saturated heterocycles. The first kappa shape index (κ1) is 19.9. The number of para-hydroxylation sites is 2. The lowest BCUT2D eigenvalue weighted by molar-refractivity contribution is -0.122. The molecule has 0 aliphatic carbocycles. The van der Waals surface area contributed by atoms with Gasteiger partial charge < -0.3 is 10.6 Å². The first-order valence-electron chi connectivity index (χ1n) is 8.03. The van der Waals surface area contributed by atoms with Crippen LogP contribution in [0.25, 0.3) is 0 Å². The van der Waals surface area contributed by atoms with Crippen molar-refractivity contribution in [3.05, 3.63) is 24.3 Å². The number of imide groups is 2. The SMILES string of the molecule is O=C(C[C@H]1SC(=O)NC1=O)Nc1ccccc1NC(=O)C[C@H]1SC(=O)NC1=O. The Hall–Kier alpha value is -2.86. The van der Waals surface area contributed by atoms with E-state index < -0.39 is 44.6 Å². The van der Waals surface area contributed by atoms with E-state index in [1.807, 2.05) is 0 Å². The second-order valence-electron chi connectivity index (χ2n) is 5.82. The number of nitrogens with one attached hydrogen (secondary N) is 4. The summed E-state index contributed by atoms with van der Waals surface area (Å²) in [6.45, 7) is 0. The largest absolute Gasteiger partial charge is 0.324 e. The quantitative estimate of drug-likeness (QED) is 0.531. The Kier molecular flexibility index (Phi) is 5.99. The molecule has 10 nitrogen and oxygen atoms in total. The van der Waals surface area contributed by atoms with Gasteiger partial charge in [0.2, 0.25) is 23.6 Å². The van der Waals surface area contributed by atoms with E-state index in [4.69, 9.17) is 0 Å². The highest BCUT2D eigenvalue weighted by atomic mass is 32.2. The number of anilines is 2. The van der Waals surface area contributed by atoms with Crippen LogP contribution in [-0.4, -0.2) is 44.6 Å². The molecule has 28 heavy (non-hydrogen) atoms. The van der Waals surface area contributed by atoms with Crippen LogP contribution in [0.3, 0.4) is 0 Å². The van der Waals surface area contributed by atoms with Crippen LogP contribution in [0, 0.1) is 0 Å². The normalized spacial score (nSPS) is 21.3. The molecule has 146 valence electrons. The van der Waals surface area contributed by atoms with Crippen molar-refractivity contribution in [2.24, 2.45) is 0 Å². The van der Waals surface area contributed by atoms with Crippen molar-refractivity contribution in [1.82, 2.24) is 10.6 Å². The molecule has 1 aromatic rings. The molecule has 1 aromatic carbocycles. The maximum Gasteiger partial charge on any atom is 0.286 e. The highest BCUT2D eigenvalue weighted by molar-refractivity contribution is 8.15. The lowest BCUT2D eigenvalue weighted by Gasteiger charge is -2.13. The van der Waals surface area contributed by atoms with Crippen LogP contribution in [0.2, 0.25) is 0 Å². The number of thioether (sulfide) groups is 2. The van der Waals surface area contributed by atoms with Gasteiger partial charge in [-0.05, 0) is 12.1 Å². The molecule has 6 amide bonds. The summed E-state index contributed by atoms with van der Waals surface area (Å²) in [6.07, 6.45) is -0.406. The predicted molar refractivity (Wildman–Crippen MR) is 103 cm³/mol. The van der Waals surface area contributed by atoms with Crippen LogP contribution < -0.4 is 21.3 Å².